The molecule has 1 atom stereocenters. The van der Waals surface area contributed by atoms with Crippen LogP contribution in [-0.4, -0.2) is 18.0 Å². The van der Waals surface area contributed by atoms with Gasteiger partial charge < -0.3 is 15.8 Å². The summed E-state index contributed by atoms with van der Waals surface area (Å²) in [7, 11) is 1.55. The highest BCUT2D eigenvalue weighted by Crippen LogP contribution is 2.22. The van der Waals surface area contributed by atoms with Crippen molar-refractivity contribution in [1.82, 2.24) is 4.98 Å². The quantitative estimate of drug-likeness (QED) is 0.879. The molecule has 0 aliphatic carbocycles. The number of nitrogens with one attached hydrogen (secondary N) is 1. The SMILES string of the molecule is COc1ccc(N[C@@H](C(N)=O)c2ccc(Br)cc2)cn1. The van der Waals surface area contributed by atoms with Crippen LogP contribution >= 0.6 is 15.9 Å². The van der Waals surface area contributed by atoms with E-state index in [-0.39, 0.29) is 0 Å². The largest absolute Gasteiger partial charge is 0.481 e. The number of pyridine rings is 1. The minimum atomic E-state index is -0.613. The van der Waals surface area contributed by atoms with E-state index in [1.807, 2.05) is 24.3 Å². The molecule has 1 aromatic carbocycles. The van der Waals surface area contributed by atoms with Crippen LogP contribution in [0, 0.1) is 0 Å². The topological polar surface area (TPSA) is 77.2 Å². The number of primary amides is 1. The summed E-state index contributed by atoms with van der Waals surface area (Å²) in [5.41, 5.74) is 6.93. The third-order valence-corrected chi connectivity index (χ3v) is 3.27. The van der Waals surface area contributed by atoms with Crippen LogP contribution in [0.15, 0.2) is 47.1 Å². The number of hydrogen-bond acceptors (Lipinski definition) is 4. The number of rotatable bonds is 5. The average Bonchev–Trinajstić information content (AvgIpc) is 2.46. The predicted molar refractivity (Wildman–Crippen MR) is 80.5 cm³/mol. The van der Waals surface area contributed by atoms with Crippen molar-refractivity contribution in [2.75, 3.05) is 12.4 Å². The van der Waals surface area contributed by atoms with Crippen molar-refractivity contribution in [3.63, 3.8) is 0 Å². The highest BCUT2D eigenvalue weighted by Gasteiger charge is 2.17. The van der Waals surface area contributed by atoms with Crippen LogP contribution in [0.4, 0.5) is 5.69 Å². The first-order chi connectivity index (χ1) is 9.60. The lowest BCUT2D eigenvalue weighted by Crippen LogP contribution is -2.27. The number of amides is 1. The normalized spacial score (nSPS) is 11.7. The highest BCUT2D eigenvalue weighted by atomic mass is 79.9. The molecule has 5 nitrogen and oxygen atoms in total. The number of aromatic nitrogens is 1. The molecule has 1 heterocycles. The molecule has 0 saturated carbocycles. The Hall–Kier alpha value is -2.08. The molecule has 0 aliphatic heterocycles. The molecule has 6 heteroatoms. The van der Waals surface area contributed by atoms with Crippen molar-refractivity contribution in [3.8, 4) is 5.88 Å². The molecule has 2 rings (SSSR count). The monoisotopic (exact) mass is 335 g/mol. The number of carbonyl (C=O) groups excluding carboxylic acids is 1. The minimum Gasteiger partial charge on any atom is -0.481 e. The second-order valence-corrected chi connectivity index (χ2v) is 5.04. The first-order valence-electron chi connectivity index (χ1n) is 5.91. The number of nitrogens with two attached hydrogens (primary N) is 1. The van der Waals surface area contributed by atoms with E-state index < -0.39 is 11.9 Å². The molecule has 0 unspecified atom stereocenters. The molecule has 104 valence electrons. The Bertz CT molecular complexity index is 584. The third kappa shape index (κ3) is 3.48. The molecule has 0 saturated heterocycles. The molecular weight excluding hydrogens is 322 g/mol. The van der Waals surface area contributed by atoms with Gasteiger partial charge in [0.1, 0.15) is 6.04 Å². The number of nitrogens with zero attached hydrogens (tertiary/aromatic N) is 1. The summed E-state index contributed by atoms with van der Waals surface area (Å²) < 4.78 is 5.92. The second kappa shape index (κ2) is 6.38. The lowest BCUT2D eigenvalue weighted by atomic mass is 10.1. The van der Waals surface area contributed by atoms with Gasteiger partial charge in [0, 0.05) is 10.5 Å². The molecule has 20 heavy (non-hydrogen) atoms. The van der Waals surface area contributed by atoms with E-state index in [2.05, 4.69) is 26.2 Å². The molecular formula is C14H14BrN3O2. The zero-order chi connectivity index (χ0) is 14.5. The van der Waals surface area contributed by atoms with Crippen LogP contribution < -0.4 is 15.8 Å². The van der Waals surface area contributed by atoms with E-state index >= 15 is 0 Å². The van der Waals surface area contributed by atoms with Gasteiger partial charge in [0.25, 0.3) is 0 Å². The van der Waals surface area contributed by atoms with E-state index in [4.69, 9.17) is 10.5 Å². The van der Waals surface area contributed by atoms with Crippen molar-refractivity contribution in [2.45, 2.75) is 6.04 Å². The Balaban J connectivity index is 2.20. The third-order valence-electron chi connectivity index (χ3n) is 2.74. The molecule has 0 aliphatic rings. The molecule has 3 N–H and O–H groups in total. The fourth-order valence-electron chi connectivity index (χ4n) is 1.73. The Morgan fingerprint density at radius 3 is 2.50 bits per heavy atom. The lowest BCUT2D eigenvalue weighted by Gasteiger charge is -2.17. The van der Waals surface area contributed by atoms with Gasteiger partial charge >= 0.3 is 0 Å². The van der Waals surface area contributed by atoms with Crippen LogP contribution in [0.3, 0.4) is 0 Å². The summed E-state index contributed by atoms with van der Waals surface area (Å²) in [4.78, 5) is 15.7. The van der Waals surface area contributed by atoms with Gasteiger partial charge in [-0.05, 0) is 23.8 Å². The summed E-state index contributed by atoms with van der Waals surface area (Å²) in [6.45, 7) is 0. The maximum Gasteiger partial charge on any atom is 0.244 e. The zero-order valence-corrected chi connectivity index (χ0v) is 12.4. The van der Waals surface area contributed by atoms with Crippen molar-refractivity contribution < 1.29 is 9.53 Å². The van der Waals surface area contributed by atoms with Gasteiger partial charge in [-0.3, -0.25) is 4.79 Å². The lowest BCUT2D eigenvalue weighted by molar-refractivity contribution is -0.118. The van der Waals surface area contributed by atoms with E-state index in [1.54, 1.807) is 25.4 Å². The van der Waals surface area contributed by atoms with Gasteiger partial charge in [0.05, 0.1) is 19.0 Å². The van der Waals surface area contributed by atoms with Gasteiger partial charge in [0.15, 0.2) is 0 Å². The van der Waals surface area contributed by atoms with E-state index in [9.17, 15) is 4.79 Å². The van der Waals surface area contributed by atoms with Crippen molar-refractivity contribution in [2.24, 2.45) is 5.73 Å². The van der Waals surface area contributed by atoms with Gasteiger partial charge in [0.2, 0.25) is 11.8 Å². The zero-order valence-electron chi connectivity index (χ0n) is 10.8. The number of ether oxygens (including phenoxy) is 1. The smallest absolute Gasteiger partial charge is 0.244 e. The van der Waals surface area contributed by atoms with Gasteiger partial charge in [-0.1, -0.05) is 28.1 Å². The van der Waals surface area contributed by atoms with Crippen LogP contribution in [0.25, 0.3) is 0 Å². The van der Waals surface area contributed by atoms with Crippen LogP contribution in [0.1, 0.15) is 11.6 Å². The first kappa shape index (κ1) is 14.3. The molecule has 0 fully saturated rings. The summed E-state index contributed by atoms with van der Waals surface area (Å²) in [5.74, 6) is 0.0537. The number of hydrogen-bond donors (Lipinski definition) is 2. The predicted octanol–water partition coefficient (Wildman–Crippen LogP) is 2.49. The van der Waals surface area contributed by atoms with E-state index in [0.29, 0.717) is 11.6 Å². The van der Waals surface area contributed by atoms with Crippen LogP contribution in [0.5, 0.6) is 5.88 Å². The minimum absolute atomic E-state index is 0.455. The fraction of sp³-hybridized carbons (Fsp3) is 0.143. The number of anilines is 1. The average molecular weight is 336 g/mol. The second-order valence-electron chi connectivity index (χ2n) is 4.12. The molecule has 1 amide bonds. The van der Waals surface area contributed by atoms with E-state index in [0.717, 1.165) is 10.0 Å². The Morgan fingerprint density at radius 2 is 2.00 bits per heavy atom. The Labute approximate surface area is 125 Å². The van der Waals surface area contributed by atoms with Crippen LogP contribution in [-0.2, 0) is 4.79 Å². The maximum absolute atomic E-state index is 11.6. The van der Waals surface area contributed by atoms with Gasteiger partial charge in [-0.15, -0.1) is 0 Å². The fourth-order valence-corrected chi connectivity index (χ4v) is 1.99. The number of methoxy groups -OCH3 is 1. The van der Waals surface area contributed by atoms with Gasteiger partial charge in [-0.25, -0.2) is 4.98 Å². The first-order valence-corrected chi connectivity index (χ1v) is 6.71. The summed E-state index contributed by atoms with van der Waals surface area (Å²) in [6.07, 6.45) is 1.59. The standard InChI is InChI=1S/C14H14BrN3O2/c1-20-12-7-6-11(8-17-12)18-13(14(16)19)9-2-4-10(15)5-3-9/h2-8,13,18H,1H3,(H2,16,19)/t13-/m1/s1. The van der Waals surface area contributed by atoms with Gasteiger partial charge in [-0.2, -0.15) is 0 Å². The van der Waals surface area contributed by atoms with Crippen LogP contribution in [0.2, 0.25) is 0 Å². The van der Waals surface area contributed by atoms with Crippen molar-refractivity contribution >= 4 is 27.5 Å². The Morgan fingerprint density at radius 1 is 1.30 bits per heavy atom. The molecule has 0 bridgehead atoms. The molecule has 0 radical (unpaired) electrons. The number of benzene rings is 1. The number of halogens is 1. The molecule has 0 spiro atoms. The van der Waals surface area contributed by atoms with Crippen molar-refractivity contribution in [1.29, 1.82) is 0 Å². The Kier molecular flexibility index (Phi) is 4.57. The summed E-state index contributed by atoms with van der Waals surface area (Å²) in [6, 6.07) is 10.3. The van der Waals surface area contributed by atoms with E-state index in [1.165, 1.54) is 0 Å². The highest BCUT2D eigenvalue weighted by molar-refractivity contribution is 9.10. The van der Waals surface area contributed by atoms with Crippen molar-refractivity contribution in [3.05, 3.63) is 52.6 Å². The molecule has 2 aromatic rings. The number of carbonyl (C=O) groups is 1. The summed E-state index contributed by atoms with van der Waals surface area (Å²) >= 11 is 3.35. The maximum atomic E-state index is 11.6. The summed E-state index contributed by atoms with van der Waals surface area (Å²) in [5, 5.41) is 3.06. The molecule has 1 aromatic heterocycles.